The van der Waals surface area contributed by atoms with Gasteiger partial charge in [-0.25, -0.2) is 0 Å². The number of Topliss-reactive ketones (excluding diaryl/α,β-unsaturated/α-hetero) is 1. The minimum Gasteiger partial charge on any atom is -0.391 e. The fraction of sp³-hybridized carbons (Fsp3) is 0.522. The number of aliphatic hydroxyl groups excluding tert-OH is 1. The maximum Gasteiger partial charge on any atom is 0.253 e. The van der Waals surface area contributed by atoms with Crippen LogP contribution in [0.1, 0.15) is 69.8 Å². The first-order valence-electron chi connectivity index (χ1n) is 10.6. The van der Waals surface area contributed by atoms with Gasteiger partial charge >= 0.3 is 0 Å². The van der Waals surface area contributed by atoms with Crippen molar-refractivity contribution in [3.8, 4) is 0 Å². The van der Waals surface area contributed by atoms with Gasteiger partial charge in [0, 0.05) is 31.5 Å². The number of carbonyl (C=O) groups is 2. The first kappa shape index (κ1) is 18.6. The van der Waals surface area contributed by atoms with E-state index in [2.05, 4.69) is 5.16 Å². The zero-order valence-corrected chi connectivity index (χ0v) is 16.5. The summed E-state index contributed by atoms with van der Waals surface area (Å²) in [5.74, 6) is 1.96. The zero-order chi connectivity index (χ0) is 20.0. The molecule has 1 amide bonds. The fourth-order valence-electron chi connectivity index (χ4n) is 4.70. The van der Waals surface area contributed by atoms with Crippen molar-refractivity contribution in [3.05, 3.63) is 52.4 Å². The van der Waals surface area contributed by atoms with Gasteiger partial charge in [-0.15, -0.1) is 0 Å². The summed E-state index contributed by atoms with van der Waals surface area (Å²) in [5.41, 5.74) is 3.10. The number of ketones is 1. The van der Waals surface area contributed by atoms with Crippen molar-refractivity contribution in [2.45, 2.75) is 51.0 Å². The summed E-state index contributed by atoms with van der Waals surface area (Å²) < 4.78 is 5.56. The molecule has 2 fully saturated rings. The van der Waals surface area contributed by atoms with Gasteiger partial charge in [0.2, 0.25) is 0 Å². The van der Waals surface area contributed by atoms with Crippen LogP contribution >= 0.6 is 0 Å². The molecule has 5 rings (SSSR count). The van der Waals surface area contributed by atoms with Gasteiger partial charge in [-0.1, -0.05) is 30.1 Å². The molecule has 2 atom stereocenters. The number of benzene rings is 1. The third-order valence-corrected chi connectivity index (χ3v) is 6.45. The molecule has 6 nitrogen and oxygen atoms in total. The third-order valence-electron chi connectivity index (χ3n) is 6.45. The van der Waals surface area contributed by atoms with Gasteiger partial charge in [-0.3, -0.25) is 9.59 Å². The first-order chi connectivity index (χ1) is 14.1. The third kappa shape index (κ3) is 3.86. The van der Waals surface area contributed by atoms with Crippen LogP contribution in [0.4, 0.5) is 0 Å². The van der Waals surface area contributed by atoms with Gasteiger partial charge in [0.1, 0.15) is 0 Å². The summed E-state index contributed by atoms with van der Waals surface area (Å²) in [7, 11) is 0. The topological polar surface area (TPSA) is 83.6 Å². The molecule has 2 aromatic rings. The van der Waals surface area contributed by atoms with Crippen molar-refractivity contribution < 1.29 is 19.2 Å². The number of likely N-dealkylation sites (tertiary alicyclic amines) is 1. The maximum absolute atomic E-state index is 12.7. The Morgan fingerprint density at radius 3 is 2.62 bits per heavy atom. The highest BCUT2D eigenvalue weighted by atomic mass is 16.5. The molecule has 0 spiro atoms. The van der Waals surface area contributed by atoms with Crippen molar-refractivity contribution in [2.75, 3.05) is 13.1 Å². The Bertz CT molecular complexity index is 929. The van der Waals surface area contributed by atoms with Crippen molar-refractivity contribution in [1.29, 1.82) is 0 Å². The number of carbonyl (C=O) groups excluding carboxylic acids is 2. The van der Waals surface area contributed by atoms with E-state index < -0.39 is 6.10 Å². The Morgan fingerprint density at radius 2 is 1.93 bits per heavy atom. The van der Waals surface area contributed by atoms with Crippen LogP contribution < -0.4 is 0 Å². The zero-order valence-electron chi connectivity index (χ0n) is 16.5. The molecular weight excluding hydrogens is 368 g/mol. The standard InChI is InChI=1S/C23H26N2O4/c26-18-7-8-25(13-18)23(28)17-5-3-15(4-6-17)12-21-22-19(24-29-21)10-16(11-20(22)27)9-14-1-2-14/h3-6,14,16,18,26H,1-2,7-13H2/t16?,18-/m1/s1. The largest absolute Gasteiger partial charge is 0.391 e. The highest BCUT2D eigenvalue weighted by molar-refractivity contribution is 5.99. The molecule has 1 N–H and O–H groups in total. The molecule has 6 heteroatoms. The lowest BCUT2D eigenvalue weighted by Crippen LogP contribution is -2.29. The van der Waals surface area contributed by atoms with E-state index in [9.17, 15) is 14.7 Å². The first-order valence-corrected chi connectivity index (χ1v) is 10.6. The number of amides is 1. The van der Waals surface area contributed by atoms with Crippen LogP contribution in [0, 0.1) is 11.8 Å². The number of β-amino-alcohol motifs (C(OH)–C–C–N with tert-alkyl or cyclic N) is 1. The van der Waals surface area contributed by atoms with E-state index in [4.69, 9.17) is 4.52 Å². The van der Waals surface area contributed by atoms with E-state index in [1.165, 1.54) is 12.8 Å². The highest BCUT2D eigenvalue weighted by Crippen LogP contribution is 2.40. The van der Waals surface area contributed by atoms with Crippen LogP contribution in [0.2, 0.25) is 0 Å². The van der Waals surface area contributed by atoms with E-state index >= 15 is 0 Å². The van der Waals surface area contributed by atoms with E-state index in [1.54, 1.807) is 17.0 Å². The molecule has 1 aliphatic heterocycles. The monoisotopic (exact) mass is 394 g/mol. The lowest BCUT2D eigenvalue weighted by molar-refractivity contribution is 0.0764. The van der Waals surface area contributed by atoms with E-state index in [1.807, 2.05) is 12.1 Å². The lowest BCUT2D eigenvalue weighted by atomic mass is 9.82. The van der Waals surface area contributed by atoms with Crippen LogP contribution in [0.3, 0.4) is 0 Å². The molecular formula is C23H26N2O4. The molecule has 29 heavy (non-hydrogen) atoms. The number of hydrogen-bond donors (Lipinski definition) is 1. The summed E-state index contributed by atoms with van der Waals surface area (Å²) >= 11 is 0. The average Bonchev–Trinajstić information content (AvgIpc) is 3.26. The van der Waals surface area contributed by atoms with E-state index in [0.29, 0.717) is 55.2 Å². The Labute approximate surface area is 169 Å². The summed E-state index contributed by atoms with van der Waals surface area (Å²) in [6.45, 7) is 0.991. The second-order valence-electron chi connectivity index (χ2n) is 8.87. The van der Waals surface area contributed by atoms with Crippen molar-refractivity contribution in [1.82, 2.24) is 10.1 Å². The van der Waals surface area contributed by atoms with E-state index in [0.717, 1.165) is 30.0 Å². The van der Waals surface area contributed by atoms with Crippen LogP contribution in [-0.2, 0) is 12.8 Å². The molecule has 3 aliphatic rings. The summed E-state index contributed by atoms with van der Waals surface area (Å²) in [6.07, 6.45) is 5.91. The molecule has 1 unspecified atom stereocenters. The molecule has 2 aliphatic carbocycles. The molecule has 1 saturated carbocycles. The predicted molar refractivity (Wildman–Crippen MR) is 106 cm³/mol. The fourth-order valence-corrected chi connectivity index (χ4v) is 4.70. The second kappa shape index (κ2) is 7.41. The number of hydrogen-bond acceptors (Lipinski definition) is 5. The van der Waals surface area contributed by atoms with Gasteiger partial charge in [-0.05, 0) is 48.8 Å². The Morgan fingerprint density at radius 1 is 1.14 bits per heavy atom. The molecule has 0 bridgehead atoms. The molecule has 2 heterocycles. The van der Waals surface area contributed by atoms with Crippen molar-refractivity contribution >= 4 is 11.7 Å². The molecule has 0 radical (unpaired) electrons. The number of rotatable bonds is 5. The van der Waals surface area contributed by atoms with Gasteiger partial charge in [0.25, 0.3) is 5.91 Å². The quantitative estimate of drug-likeness (QED) is 0.843. The SMILES string of the molecule is O=C1CC(CC2CC2)Cc2noc(Cc3ccc(C(=O)N4CC[C@@H](O)C4)cc3)c21. The van der Waals surface area contributed by atoms with Crippen LogP contribution in [0.15, 0.2) is 28.8 Å². The molecule has 1 saturated heterocycles. The van der Waals surface area contributed by atoms with E-state index in [-0.39, 0.29) is 11.7 Å². The predicted octanol–water partition coefficient (Wildman–Crippen LogP) is 3.02. The Balaban J connectivity index is 1.27. The Hall–Kier alpha value is -2.47. The number of aromatic nitrogens is 1. The van der Waals surface area contributed by atoms with Crippen LogP contribution in [-0.4, -0.2) is 46.0 Å². The van der Waals surface area contributed by atoms with Gasteiger partial charge < -0.3 is 14.5 Å². The number of fused-ring (bicyclic) bond motifs is 1. The Kier molecular flexibility index (Phi) is 4.74. The smallest absolute Gasteiger partial charge is 0.253 e. The molecule has 1 aromatic carbocycles. The van der Waals surface area contributed by atoms with Gasteiger partial charge in [0.15, 0.2) is 11.5 Å². The highest BCUT2D eigenvalue weighted by Gasteiger charge is 2.35. The number of nitrogens with zero attached hydrogens (tertiary/aromatic N) is 2. The molecule has 152 valence electrons. The summed E-state index contributed by atoms with van der Waals surface area (Å²) in [5, 5.41) is 13.8. The summed E-state index contributed by atoms with van der Waals surface area (Å²) in [4.78, 5) is 26.9. The normalized spacial score (nSPS) is 24.0. The van der Waals surface area contributed by atoms with Gasteiger partial charge in [-0.2, -0.15) is 0 Å². The average molecular weight is 394 g/mol. The number of aliphatic hydroxyl groups is 1. The summed E-state index contributed by atoms with van der Waals surface area (Å²) in [6, 6.07) is 7.41. The van der Waals surface area contributed by atoms with Crippen molar-refractivity contribution in [2.24, 2.45) is 11.8 Å². The minimum atomic E-state index is -0.419. The van der Waals surface area contributed by atoms with Crippen LogP contribution in [0.5, 0.6) is 0 Å². The maximum atomic E-state index is 12.7. The molecule has 1 aromatic heterocycles. The second-order valence-corrected chi connectivity index (χ2v) is 8.87. The minimum absolute atomic E-state index is 0.0537. The van der Waals surface area contributed by atoms with Crippen molar-refractivity contribution in [3.63, 3.8) is 0 Å². The van der Waals surface area contributed by atoms with Crippen LogP contribution in [0.25, 0.3) is 0 Å². The van der Waals surface area contributed by atoms with Gasteiger partial charge in [0.05, 0.1) is 17.4 Å². The lowest BCUT2D eigenvalue weighted by Gasteiger charge is -2.19.